The van der Waals surface area contributed by atoms with Crippen LogP contribution >= 0.6 is 0 Å². The zero-order valence-electron chi connectivity index (χ0n) is 10.7. The van der Waals surface area contributed by atoms with E-state index in [9.17, 15) is 13.2 Å². The van der Waals surface area contributed by atoms with Gasteiger partial charge in [0.2, 0.25) is 0 Å². The molecule has 2 aliphatic rings. The van der Waals surface area contributed by atoms with Gasteiger partial charge in [0.1, 0.15) is 6.10 Å². The predicted molar refractivity (Wildman–Crippen MR) is 68.2 cm³/mol. The molecule has 110 valence electrons. The molecule has 0 spiro atoms. The molecular weight excluding hydrogens is 272 g/mol. The smallest absolute Gasteiger partial charge is 0.277 e. The molecule has 2 atom stereocenters. The highest BCUT2D eigenvalue weighted by Crippen LogP contribution is 2.21. The first-order chi connectivity index (χ1) is 8.91. The van der Waals surface area contributed by atoms with Gasteiger partial charge in [-0.25, -0.2) is 5.14 Å². The van der Waals surface area contributed by atoms with E-state index in [1.54, 1.807) is 4.90 Å². The van der Waals surface area contributed by atoms with Gasteiger partial charge in [-0.1, -0.05) is 0 Å². The number of hydrogen-bond acceptors (Lipinski definition) is 5. The average Bonchev–Trinajstić information content (AvgIpc) is 2.86. The second-order valence-electron chi connectivity index (χ2n) is 4.83. The molecular formula is C10H20N4O4S. The summed E-state index contributed by atoms with van der Waals surface area (Å²) in [6.45, 7) is 1.59. The Morgan fingerprint density at radius 2 is 1.84 bits per heavy atom. The molecule has 2 saturated heterocycles. The Balaban J connectivity index is 1.86. The van der Waals surface area contributed by atoms with Crippen molar-refractivity contribution in [3.63, 3.8) is 0 Å². The van der Waals surface area contributed by atoms with Gasteiger partial charge in [-0.2, -0.15) is 12.7 Å². The van der Waals surface area contributed by atoms with Gasteiger partial charge in [0.25, 0.3) is 16.1 Å². The van der Waals surface area contributed by atoms with E-state index >= 15 is 0 Å². The molecule has 2 aliphatic heterocycles. The number of carbonyl (C=O) groups excluding carboxylic acids is 1. The molecule has 0 saturated carbocycles. The number of nitrogens with zero attached hydrogens (tertiary/aromatic N) is 2. The Labute approximate surface area is 112 Å². The van der Waals surface area contributed by atoms with Crippen molar-refractivity contribution in [1.29, 1.82) is 0 Å². The van der Waals surface area contributed by atoms with Crippen LogP contribution < -0.4 is 10.9 Å². The minimum Gasteiger partial charge on any atom is -0.364 e. The van der Waals surface area contributed by atoms with Gasteiger partial charge in [-0.15, -0.1) is 0 Å². The van der Waals surface area contributed by atoms with Gasteiger partial charge < -0.3 is 15.4 Å². The number of carbonyl (C=O) groups is 1. The van der Waals surface area contributed by atoms with Gasteiger partial charge >= 0.3 is 0 Å². The first kappa shape index (κ1) is 14.7. The molecule has 0 radical (unpaired) electrons. The molecule has 4 N–H and O–H groups in total. The number of piperazine rings is 1. The standard InChI is InChI=1S/C10H20N4O4S/c11-7-8-1-2-9(18-8)10(15)13-3-5-14(6-4-13)19(12,16)17/h8-9H,1-7,11H2,(H2,12,16,17)/t8-,9+/m1/s1. The molecule has 2 heterocycles. The van der Waals surface area contributed by atoms with Crippen LogP contribution in [-0.4, -0.2) is 68.5 Å². The van der Waals surface area contributed by atoms with Crippen molar-refractivity contribution in [3.05, 3.63) is 0 Å². The molecule has 8 nitrogen and oxygen atoms in total. The molecule has 0 aliphatic carbocycles. The maximum absolute atomic E-state index is 12.2. The third-order valence-corrected chi connectivity index (χ3v) is 4.64. The lowest BCUT2D eigenvalue weighted by atomic mass is 10.1. The van der Waals surface area contributed by atoms with E-state index in [1.165, 1.54) is 4.31 Å². The number of ether oxygens (including phenoxy) is 1. The third-order valence-electron chi connectivity index (χ3n) is 3.56. The Bertz CT molecular complexity index is 433. The van der Waals surface area contributed by atoms with E-state index < -0.39 is 16.3 Å². The quantitative estimate of drug-likeness (QED) is 0.614. The normalized spacial score (nSPS) is 29.7. The number of nitrogens with two attached hydrogens (primary N) is 2. The summed E-state index contributed by atoms with van der Waals surface area (Å²) in [7, 11) is -3.66. The summed E-state index contributed by atoms with van der Waals surface area (Å²) in [5.41, 5.74) is 5.50. The Kier molecular flexibility index (Phi) is 4.41. The summed E-state index contributed by atoms with van der Waals surface area (Å²) < 4.78 is 29.0. The minimum absolute atomic E-state index is 0.0420. The summed E-state index contributed by atoms with van der Waals surface area (Å²) in [4.78, 5) is 13.8. The zero-order valence-corrected chi connectivity index (χ0v) is 11.5. The van der Waals surface area contributed by atoms with E-state index in [4.69, 9.17) is 15.6 Å². The molecule has 2 fully saturated rings. The van der Waals surface area contributed by atoms with Crippen molar-refractivity contribution in [2.24, 2.45) is 10.9 Å². The van der Waals surface area contributed by atoms with Crippen molar-refractivity contribution in [1.82, 2.24) is 9.21 Å². The average molecular weight is 292 g/mol. The van der Waals surface area contributed by atoms with Crippen LogP contribution in [0.4, 0.5) is 0 Å². The lowest BCUT2D eigenvalue weighted by Crippen LogP contribution is -2.54. The first-order valence-electron chi connectivity index (χ1n) is 6.34. The summed E-state index contributed by atoms with van der Waals surface area (Å²) >= 11 is 0. The van der Waals surface area contributed by atoms with E-state index in [2.05, 4.69) is 0 Å². The van der Waals surface area contributed by atoms with Crippen molar-refractivity contribution >= 4 is 16.1 Å². The van der Waals surface area contributed by atoms with Crippen molar-refractivity contribution in [3.8, 4) is 0 Å². The maximum Gasteiger partial charge on any atom is 0.277 e. The fourth-order valence-electron chi connectivity index (χ4n) is 2.43. The highest BCUT2D eigenvalue weighted by atomic mass is 32.2. The lowest BCUT2D eigenvalue weighted by molar-refractivity contribution is -0.143. The van der Waals surface area contributed by atoms with Crippen molar-refractivity contribution in [2.75, 3.05) is 32.7 Å². The molecule has 0 aromatic heterocycles. The third kappa shape index (κ3) is 3.42. The topological polar surface area (TPSA) is 119 Å². The number of amides is 1. The molecule has 0 aromatic rings. The largest absolute Gasteiger partial charge is 0.364 e. The summed E-state index contributed by atoms with van der Waals surface area (Å²) in [5.74, 6) is -0.0787. The van der Waals surface area contributed by atoms with Gasteiger partial charge in [-0.05, 0) is 12.8 Å². The van der Waals surface area contributed by atoms with E-state index in [1.807, 2.05) is 0 Å². The summed E-state index contributed by atoms with van der Waals surface area (Å²) in [6, 6.07) is 0. The van der Waals surface area contributed by atoms with Crippen LogP contribution in [0.5, 0.6) is 0 Å². The molecule has 0 unspecified atom stereocenters. The van der Waals surface area contributed by atoms with Crippen LogP contribution in [0.3, 0.4) is 0 Å². The Morgan fingerprint density at radius 1 is 1.21 bits per heavy atom. The molecule has 0 bridgehead atoms. The van der Waals surface area contributed by atoms with Crippen LogP contribution in [0, 0.1) is 0 Å². The van der Waals surface area contributed by atoms with Crippen LogP contribution in [0.2, 0.25) is 0 Å². The SMILES string of the molecule is NC[C@H]1CC[C@@H](C(=O)N2CCN(S(N)(=O)=O)CC2)O1. The van der Waals surface area contributed by atoms with Crippen LogP contribution in [-0.2, 0) is 19.7 Å². The molecule has 9 heteroatoms. The Morgan fingerprint density at radius 3 is 2.32 bits per heavy atom. The number of hydrogen-bond donors (Lipinski definition) is 2. The van der Waals surface area contributed by atoms with Crippen LogP contribution in [0.25, 0.3) is 0 Å². The van der Waals surface area contributed by atoms with Gasteiger partial charge in [0, 0.05) is 32.7 Å². The second-order valence-corrected chi connectivity index (χ2v) is 6.38. The first-order valence-corrected chi connectivity index (χ1v) is 7.84. The van der Waals surface area contributed by atoms with Crippen LogP contribution in [0.15, 0.2) is 0 Å². The lowest BCUT2D eigenvalue weighted by Gasteiger charge is -2.34. The van der Waals surface area contributed by atoms with Crippen molar-refractivity contribution in [2.45, 2.75) is 25.0 Å². The van der Waals surface area contributed by atoms with Crippen molar-refractivity contribution < 1.29 is 17.9 Å². The molecule has 1 amide bonds. The number of rotatable bonds is 3. The minimum atomic E-state index is -3.66. The summed E-state index contributed by atoms with van der Waals surface area (Å²) in [5, 5.41) is 5.05. The molecule has 0 aromatic carbocycles. The highest BCUT2D eigenvalue weighted by Gasteiger charge is 2.35. The predicted octanol–water partition coefficient (Wildman–Crippen LogP) is -2.16. The van der Waals surface area contributed by atoms with E-state index in [0.717, 1.165) is 6.42 Å². The molecule has 2 rings (SSSR count). The highest BCUT2D eigenvalue weighted by molar-refractivity contribution is 7.86. The Hall–Kier alpha value is -0.740. The van der Waals surface area contributed by atoms with E-state index in [-0.39, 0.29) is 25.1 Å². The monoisotopic (exact) mass is 292 g/mol. The fourth-order valence-corrected chi connectivity index (χ4v) is 3.10. The van der Waals surface area contributed by atoms with Gasteiger partial charge in [-0.3, -0.25) is 4.79 Å². The molecule has 19 heavy (non-hydrogen) atoms. The maximum atomic E-state index is 12.2. The zero-order chi connectivity index (χ0) is 14.0. The summed E-state index contributed by atoms with van der Waals surface area (Å²) in [6.07, 6.45) is 0.995. The van der Waals surface area contributed by atoms with Gasteiger partial charge in [0.15, 0.2) is 0 Å². The van der Waals surface area contributed by atoms with Gasteiger partial charge in [0.05, 0.1) is 6.10 Å². The van der Waals surface area contributed by atoms with Crippen LogP contribution in [0.1, 0.15) is 12.8 Å². The fraction of sp³-hybridized carbons (Fsp3) is 0.900. The van der Waals surface area contributed by atoms with E-state index in [0.29, 0.717) is 26.1 Å². The second kappa shape index (κ2) is 5.71.